The Labute approximate surface area is 86.9 Å². The molecule has 0 aromatic carbocycles. The molecule has 0 aliphatic carbocycles. The van der Waals surface area contributed by atoms with Gasteiger partial charge in [0.05, 0.1) is 19.8 Å². The Morgan fingerprint density at radius 1 is 1.33 bits per heavy atom. The Morgan fingerprint density at radius 2 is 2.07 bits per heavy atom. The van der Waals surface area contributed by atoms with Gasteiger partial charge in [-0.15, -0.1) is 6.58 Å². The normalized spacial score (nSPS) is 15.7. The van der Waals surface area contributed by atoms with Crippen LogP contribution in [0.5, 0.6) is 0 Å². The molecule has 1 heterocycles. The van der Waals surface area contributed by atoms with Crippen LogP contribution in [0.3, 0.4) is 0 Å². The van der Waals surface area contributed by atoms with Crippen molar-refractivity contribution in [1.29, 1.82) is 0 Å². The molecule has 1 aliphatic rings. The van der Waals surface area contributed by atoms with Crippen molar-refractivity contribution in [3.05, 3.63) is 12.7 Å². The first-order valence-corrected chi connectivity index (χ1v) is 4.52. The van der Waals surface area contributed by atoms with E-state index in [2.05, 4.69) is 6.58 Å². The van der Waals surface area contributed by atoms with E-state index in [1.165, 1.54) is 0 Å². The summed E-state index contributed by atoms with van der Waals surface area (Å²) in [5.41, 5.74) is 0. The molecule has 1 rings (SSSR count). The van der Waals surface area contributed by atoms with E-state index in [1.54, 1.807) is 6.08 Å². The van der Waals surface area contributed by atoms with Crippen LogP contribution in [0.25, 0.3) is 0 Å². The van der Waals surface area contributed by atoms with Gasteiger partial charge in [-0.1, -0.05) is 6.08 Å². The third-order valence-corrected chi connectivity index (χ3v) is 1.83. The van der Waals surface area contributed by atoms with Gasteiger partial charge < -0.3 is 4.74 Å². The van der Waals surface area contributed by atoms with Gasteiger partial charge in [0, 0.05) is 0 Å². The predicted molar refractivity (Wildman–Crippen MR) is 50.9 cm³/mol. The highest BCUT2D eigenvalue weighted by Gasteiger charge is 2.36. The summed E-state index contributed by atoms with van der Waals surface area (Å²) in [5.74, 6) is -1.71. The number of ether oxygens (including phenoxy) is 1. The molecule has 6 heteroatoms. The van der Waals surface area contributed by atoms with Crippen molar-refractivity contribution in [3.63, 3.8) is 0 Å². The number of carbonyl (C=O) groups excluding carboxylic acids is 3. The molecule has 6 nitrogen and oxygen atoms in total. The van der Waals surface area contributed by atoms with Gasteiger partial charge in [-0.05, 0) is 6.42 Å². The smallest absolute Gasteiger partial charge is 0.331 e. The maximum atomic E-state index is 11.1. The van der Waals surface area contributed by atoms with Gasteiger partial charge in [0.1, 0.15) is 0 Å². The van der Waals surface area contributed by atoms with E-state index in [1.807, 2.05) is 5.32 Å². The van der Waals surface area contributed by atoms with Crippen molar-refractivity contribution in [2.75, 3.05) is 19.8 Å². The minimum absolute atomic E-state index is 0.0908. The van der Waals surface area contributed by atoms with Crippen molar-refractivity contribution in [3.8, 4) is 0 Å². The molecular weight excluding hydrogens is 200 g/mol. The average Bonchev–Trinajstić information content (AvgIpc) is 2.44. The van der Waals surface area contributed by atoms with Crippen molar-refractivity contribution in [2.24, 2.45) is 0 Å². The molecule has 0 radical (unpaired) electrons. The number of imide groups is 2. The van der Waals surface area contributed by atoms with Crippen LogP contribution in [-0.4, -0.2) is 42.5 Å². The second-order valence-corrected chi connectivity index (χ2v) is 2.91. The van der Waals surface area contributed by atoms with Crippen LogP contribution in [0.15, 0.2) is 12.7 Å². The standard InChI is InChI=1S/C9H12N2O4/c1-2-3-5-15-6-4-11-8(13)7(12)10-9(11)14/h2H,1,3-6H2,(H,10,12,14). The highest BCUT2D eigenvalue weighted by atomic mass is 16.5. The summed E-state index contributed by atoms with van der Waals surface area (Å²) in [6, 6.07) is -0.683. The number of urea groups is 1. The van der Waals surface area contributed by atoms with Crippen LogP contribution in [0.1, 0.15) is 6.42 Å². The van der Waals surface area contributed by atoms with Gasteiger partial charge in [-0.3, -0.25) is 19.8 Å². The minimum Gasteiger partial charge on any atom is -0.379 e. The molecule has 4 amide bonds. The Bertz CT molecular complexity index is 300. The summed E-state index contributed by atoms with van der Waals surface area (Å²) < 4.78 is 5.11. The van der Waals surface area contributed by atoms with Gasteiger partial charge in [-0.25, -0.2) is 4.79 Å². The largest absolute Gasteiger partial charge is 0.379 e. The van der Waals surface area contributed by atoms with E-state index in [0.717, 1.165) is 4.90 Å². The van der Waals surface area contributed by atoms with Crippen LogP contribution >= 0.6 is 0 Å². The third kappa shape index (κ3) is 2.88. The van der Waals surface area contributed by atoms with E-state index in [0.29, 0.717) is 13.0 Å². The first-order valence-electron chi connectivity index (χ1n) is 4.52. The van der Waals surface area contributed by atoms with E-state index in [-0.39, 0.29) is 13.2 Å². The molecule has 0 unspecified atom stereocenters. The molecule has 0 bridgehead atoms. The molecule has 1 N–H and O–H groups in total. The van der Waals surface area contributed by atoms with E-state index < -0.39 is 17.8 Å². The monoisotopic (exact) mass is 212 g/mol. The molecule has 0 saturated carbocycles. The molecule has 0 aromatic rings. The predicted octanol–water partition coefficient (Wildman–Crippen LogP) is -0.342. The number of amides is 4. The fourth-order valence-electron chi connectivity index (χ4n) is 1.06. The van der Waals surface area contributed by atoms with Gasteiger partial charge in [-0.2, -0.15) is 0 Å². The molecule has 1 fully saturated rings. The maximum Gasteiger partial charge on any atom is 0.331 e. The lowest BCUT2D eigenvalue weighted by Gasteiger charge is -2.10. The Balaban J connectivity index is 2.26. The van der Waals surface area contributed by atoms with Crippen molar-refractivity contribution < 1.29 is 19.1 Å². The number of carbonyl (C=O) groups is 3. The fourth-order valence-corrected chi connectivity index (χ4v) is 1.06. The van der Waals surface area contributed by atoms with Crippen molar-refractivity contribution >= 4 is 17.8 Å². The summed E-state index contributed by atoms with van der Waals surface area (Å²) in [7, 11) is 0. The number of nitrogens with one attached hydrogen (secondary N) is 1. The average molecular weight is 212 g/mol. The van der Waals surface area contributed by atoms with Gasteiger partial charge in [0.2, 0.25) is 0 Å². The number of rotatable bonds is 6. The van der Waals surface area contributed by atoms with Crippen molar-refractivity contribution in [1.82, 2.24) is 10.2 Å². The topological polar surface area (TPSA) is 75.7 Å². The Hall–Kier alpha value is -1.69. The summed E-state index contributed by atoms with van der Waals surface area (Å²) >= 11 is 0. The van der Waals surface area contributed by atoms with Gasteiger partial charge in [0.25, 0.3) is 0 Å². The Kier molecular flexibility index (Phi) is 3.99. The first kappa shape index (κ1) is 11.4. The molecule has 1 aliphatic heterocycles. The lowest BCUT2D eigenvalue weighted by Crippen LogP contribution is -2.34. The number of hydrogen-bond donors (Lipinski definition) is 1. The van der Waals surface area contributed by atoms with Crippen molar-refractivity contribution in [2.45, 2.75) is 6.42 Å². The number of nitrogens with zero attached hydrogens (tertiary/aromatic N) is 1. The molecule has 15 heavy (non-hydrogen) atoms. The molecule has 1 saturated heterocycles. The maximum absolute atomic E-state index is 11.1. The fraction of sp³-hybridized carbons (Fsp3) is 0.444. The zero-order valence-electron chi connectivity index (χ0n) is 8.19. The molecule has 82 valence electrons. The lowest BCUT2D eigenvalue weighted by atomic mass is 10.4. The molecule has 0 atom stereocenters. The Morgan fingerprint density at radius 3 is 2.60 bits per heavy atom. The van der Waals surface area contributed by atoms with E-state index in [9.17, 15) is 14.4 Å². The summed E-state index contributed by atoms with van der Waals surface area (Å²) in [6.07, 6.45) is 2.41. The minimum atomic E-state index is -0.883. The van der Waals surface area contributed by atoms with E-state index in [4.69, 9.17) is 4.74 Å². The highest BCUT2D eigenvalue weighted by molar-refractivity contribution is 6.44. The van der Waals surface area contributed by atoms with E-state index >= 15 is 0 Å². The van der Waals surface area contributed by atoms with Crippen LogP contribution < -0.4 is 5.32 Å². The first-order chi connectivity index (χ1) is 7.16. The molecule has 0 aromatic heterocycles. The third-order valence-electron chi connectivity index (χ3n) is 1.83. The zero-order valence-corrected chi connectivity index (χ0v) is 8.19. The van der Waals surface area contributed by atoms with Gasteiger partial charge in [0.15, 0.2) is 0 Å². The summed E-state index contributed by atoms with van der Waals surface area (Å²) in [4.78, 5) is 33.7. The lowest BCUT2D eigenvalue weighted by molar-refractivity contribution is -0.140. The molecular formula is C9H12N2O4. The van der Waals surface area contributed by atoms with Gasteiger partial charge >= 0.3 is 17.8 Å². The summed E-state index contributed by atoms with van der Waals surface area (Å²) in [6.45, 7) is 4.32. The van der Waals surface area contributed by atoms with Crippen LogP contribution in [0, 0.1) is 0 Å². The quantitative estimate of drug-likeness (QED) is 0.283. The van der Waals surface area contributed by atoms with Crippen LogP contribution in [-0.2, 0) is 14.3 Å². The highest BCUT2D eigenvalue weighted by Crippen LogP contribution is 1.99. The summed E-state index contributed by atoms with van der Waals surface area (Å²) in [5, 5.41) is 1.90. The zero-order chi connectivity index (χ0) is 11.3. The van der Waals surface area contributed by atoms with Crippen LogP contribution in [0.2, 0.25) is 0 Å². The SMILES string of the molecule is C=CCCOCCN1C(=O)NC(=O)C1=O. The second kappa shape index (κ2) is 5.26. The second-order valence-electron chi connectivity index (χ2n) is 2.91. The van der Waals surface area contributed by atoms with Crippen LogP contribution in [0.4, 0.5) is 4.79 Å². The number of hydrogen-bond acceptors (Lipinski definition) is 4. The molecule has 0 spiro atoms.